The Morgan fingerprint density at radius 1 is 0.814 bits per heavy atom. The number of anilines is 1. The number of para-hydroxylation sites is 1. The van der Waals surface area contributed by atoms with Crippen LogP contribution in [-0.2, 0) is 4.74 Å². The molecule has 0 saturated carbocycles. The predicted octanol–water partition coefficient (Wildman–Crippen LogP) is 4.98. The zero-order valence-electron chi connectivity index (χ0n) is 25.7. The van der Waals surface area contributed by atoms with E-state index in [0.29, 0.717) is 5.92 Å². The van der Waals surface area contributed by atoms with Crippen LogP contribution in [0.25, 0.3) is 11.1 Å². The van der Waals surface area contributed by atoms with Crippen molar-refractivity contribution in [2.24, 2.45) is 5.92 Å². The first-order valence-electron chi connectivity index (χ1n) is 16.2. The minimum Gasteiger partial charge on any atom is -0.446 e. The first kappa shape index (κ1) is 31.3. The smallest absolute Gasteiger partial charge is 0.411 e. The molecule has 9 nitrogen and oxygen atoms in total. The number of nitrogens with zero attached hydrogens (tertiary/aromatic N) is 4. The Morgan fingerprint density at radius 3 is 1.98 bits per heavy atom. The summed E-state index contributed by atoms with van der Waals surface area (Å²) >= 11 is 0. The van der Waals surface area contributed by atoms with Crippen LogP contribution in [0.5, 0.6) is 0 Å². The zero-order chi connectivity index (χ0) is 30.0. The number of piperidine rings is 2. The molecule has 9 heteroatoms. The lowest BCUT2D eigenvalue weighted by Crippen LogP contribution is -2.40. The summed E-state index contributed by atoms with van der Waals surface area (Å²) in [5.41, 5.74) is 2.77. The molecule has 3 heterocycles. The van der Waals surface area contributed by atoms with Crippen LogP contribution in [0, 0.1) is 5.92 Å². The molecular weight excluding hydrogens is 542 g/mol. The van der Waals surface area contributed by atoms with Gasteiger partial charge in [-0.25, -0.2) is 9.59 Å². The van der Waals surface area contributed by atoms with E-state index in [2.05, 4.69) is 15.1 Å². The Kier molecular flexibility index (Phi) is 11.3. The number of hydrogen-bond donors (Lipinski definition) is 2. The molecule has 2 aromatic carbocycles. The summed E-state index contributed by atoms with van der Waals surface area (Å²) in [5.74, 6) is 0.435. The molecule has 1 atom stereocenters. The van der Waals surface area contributed by atoms with E-state index >= 15 is 0 Å². The van der Waals surface area contributed by atoms with Gasteiger partial charge in [0, 0.05) is 44.8 Å². The van der Waals surface area contributed by atoms with E-state index in [4.69, 9.17) is 4.74 Å². The normalized spacial score (nSPS) is 20.0. The average molecular weight is 592 g/mol. The molecule has 0 radical (unpaired) electrons. The van der Waals surface area contributed by atoms with Crippen molar-refractivity contribution in [3.8, 4) is 11.1 Å². The molecule has 1 unspecified atom stereocenters. The zero-order valence-corrected chi connectivity index (χ0v) is 25.7. The number of rotatable bonds is 12. The summed E-state index contributed by atoms with van der Waals surface area (Å²) in [5, 5.41) is 12.7. The molecular formula is C34H49N5O4. The van der Waals surface area contributed by atoms with Crippen LogP contribution in [0.3, 0.4) is 0 Å². The Balaban J connectivity index is 0.944. The van der Waals surface area contributed by atoms with Gasteiger partial charge in [-0.05, 0) is 89.2 Å². The molecule has 0 bridgehead atoms. The van der Waals surface area contributed by atoms with Gasteiger partial charge in [-0.1, -0.05) is 48.5 Å². The number of urea groups is 1. The summed E-state index contributed by atoms with van der Waals surface area (Å²) in [6, 6.07) is 18.0. The second kappa shape index (κ2) is 15.5. The van der Waals surface area contributed by atoms with Crippen LogP contribution in [-0.4, -0.2) is 114 Å². The number of benzene rings is 2. The molecule has 0 aromatic heterocycles. The molecule has 3 saturated heterocycles. The largest absolute Gasteiger partial charge is 0.446 e. The lowest BCUT2D eigenvalue weighted by atomic mass is 9.92. The first-order valence-corrected chi connectivity index (χ1v) is 16.2. The van der Waals surface area contributed by atoms with Gasteiger partial charge >= 0.3 is 12.1 Å². The fraction of sp³-hybridized carbons (Fsp3) is 0.588. The van der Waals surface area contributed by atoms with Gasteiger partial charge in [-0.15, -0.1) is 0 Å². The number of nitrogens with one attached hydrogen (secondary N) is 1. The third kappa shape index (κ3) is 8.94. The van der Waals surface area contributed by atoms with E-state index in [0.717, 1.165) is 121 Å². The second-order valence-corrected chi connectivity index (χ2v) is 12.4. The summed E-state index contributed by atoms with van der Waals surface area (Å²) in [4.78, 5) is 34.5. The number of likely N-dealkylation sites (tertiary alicyclic amines) is 2. The van der Waals surface area contributed by atoms with Gasteiger partial charge in [0.05, 0.1) is 11.8 Å². The molecule has 3 amide bonds. The van der Waals surface area contributed by atoms with Gasteiger partial charge in [-0.3, -0.25) is 5.32 Å². The average Bonchev–Trinajstić information content (AvgIpc) is 3.37. The Hall–Kier alpha value is -3.14. The molecule has 43 heavy (non-hydrogen) atoms. The molecule has 3 fully saturated rings. The van der Waals surface area contributed by atoms with E-state index in [1.807, 2.05) is 71.3 Å². The summed E-state index contributed by atoms with van der Waals surface area (Å²) in [6.07, 6.45) is 5.05. The molecule has 3 aliphatic rings. The van der Waals surface area contributed by atoms with E-state index in [1.54, 1.807) is 0 Å². The predicted molar refractivity (Wildman–Crippen MR) is 170 cm³/mol. The fourth-order valence-corrected chi connectivity index (χ4v) is 6.68. The van der Waals surface area contributed by atoms with Crippen LogP contribution in [0.4, 0.5) is 15.3 Å². The van der Waals surface area contributed by atoms with Crippen molar-refractivity contribution >= 4 is 17.8 Å². The number of hydrogen-bond acceptors (Lipinski definition) is 6. The van der Waals surface area contributed by atoms with Gasteiger partial charge in [-0.2, -0.15) is 0 Å². The minimum absolute atomic E-state index is 0.0848. The topological polar surface area (TPSA) is 88.6 Å². The van der Waals surface area contributed by atoms with Gasteiger partial charge in [0.25, 0.3) is 0 Å². The number of carbonyl (C=O) groups is 2. The number of carbonyl (C=O) groups excluding carboxylic acids is 2. The maximum atomic E-state index is 12.9. The SMILES string of the molecule is CC(O)C1CCN(CCCN2CCN(CCCN3CCC(OC(=O)Nc4ccccc4-c4ccccc4)CC3)C2=O)CC1. The van der Waals surface area contributed by atoms with Crippen molar-refractivity contribution < 1.29 is 19.4 Å². The first-order chi connectivity index (χ1) is 21.0. The molecule has 2 N–H and O–H groups in total. The quantitative estimate of drug-likeness (QED) is 0.362. The van der Waals surface area contributed by atoms with Crippen molar-refractivity contribution in [2.45, 2.75) is 57.7 Å². The van der Waals surface area contributed by atoms with Crippen LogP contribution in [0.1, 0.15) is 45.4 Å². The lowest BCUT2D eigenvalue weighted by Gasteiger charge is -2.33. The van der Waals surface area contributed by atoms with Gasteiger partial charge in [0.15, 0.2) is 0 Å². The number of amides is 3. The van der Waals surface area contributed by atoms with E-state index in [-0.39, 0.29) is 18.2 Å². The Bertz CT molecular complexity index is 1160. The Labute approximate surface area is 256 Å². The van der Waals surface area contributed by atoms with Crippen molar-refractivity contribution in [1.29, 1.82) is 0 Å². The van der Waals surface area contributed by atoms with Gasteiger partial charge in [0.1, 0.15) is 6.10 Å². The molecule has 2 aromatic rings. The minimum atomic E-state index is -0.403. The van der Waals surface area contributed by atoms with Crippen LogP contribution < -0.4 is 5.32 Å². The van der Waals surface area contributed by atoms with Crippen molar-refractivity contribution in [3.05, 3.63) is 54.6 Å². The third-order valence-corrected chi connectivity index (χ3v) is 9.36. The third-order valence-electron chi connectivity index (χ3n) is 9.36. The van der Waals surface area contributed by atoms with Crippen LogP contribution in [0.15, 0.2) is 54.6 Å². The van der Waals surface area contributed by atoms with Crippen molar-refractivity contribution in [3.63, 3.8) is 0 Å². The highest BCUT2D eigenvalue weighted by Gasteiger charge is 2.29. The molecule has 3 aliphatic heterocycles. The maximum absolute atomic E-state index is 12.9. The summed E-state index contributed by atoms with van der Waals surface area (Å²) in [7, 11) is 0. The van der Waals surface area contributed by atoms with Gasteiger partial charge < -0.3 is 29.4 Å². The Morgan fingerprint density at radius 2 is 1.37 bits per heavy atom. The lowest BCUT2D eigenvalue weighted by molar-refractivity contribution is 0.0581. The van der Waals surface area contributed by atoms with E-state index in [1.165, 1.54) is 0 Å². The highest BCUT2D eigenvalue weighted by molar-refractivity contribution is 5.91. The van der Waals surface area contributed by atoms with E-state index in [9.17, 15) is 14.7 Å². The monoisotopic (exact) mass is 591 g/mol. The number of aliphatic hydroxyl groups is 1. The maximum Gasteiger partial charge on any atom is 0.411 e. The van der Waals surface area contributed by atoms with Crippen molar-refractivity contribution in [1.82, 2.24) is 19.6 Å². The fourth-order valence-electron chi connectivity index (χ4n) is 6.68. The number of aliphatic hydroxyl groups excluding tert-OH is 1. The molecule has 0 spiro atoms. The van der Waals surface area contributed by atoms with Crippen molar-refractivity contribution in [2.75, 3.05) is 70.8 Å². The summed E-state index contributed by atoms with van der Waals surface area (Å²) in [6.45, 7) is 11.0. The van der Waals surface area contributed by atoms with Gasteiger partial charge in [0.2, 0.25) is 0 Å². The molecule has 5 rings (SSSR count). The number of ether oxygens (including phenoxy) is 1. The second-order valence-electron chi connectivity index (χ2n) is 12.4. The highest BCUT2D eigenvalue weighted by Crippen LogP contribution is 2.28. The standard InChI is InChI=1S/C34H49N5O4/c1-27(40)28-13-21-36(22-14-28)17-7-19-38-25-26-39(34(38)42)20-8-18-37-23-15-30(16-24-37)43-33(41)35-32-12-6-5-11-31(32)29-9-3-2-4-10-29/h2-6,9-12,27-28,30,40H,7-8,13-26H2,1H3,(H,35,41). The summed E-state index contributed by atoms with van der Waals surface area (Å²) < 4.78 is 5.78. The van der Waals surface area contributed by atoms with Crippen LogP contribution >= 0.6 is 0 Å². The van der Waals surface area contributed by atoms with E-state index < -0.39 is 6.09 Å². The molecule has 234 valence electrons. The molecule has 0 aliphatic carbocycles. The van der Waals surface area contributed by atoms with Crippen LogP contribution in [0.2, 0.25) is 0 Å². The highest BCUT2D eigenvalue weighted by atomic mass is 16.6.